The highest BCUT2D eigenvalue weighted by Crippen LogP contribution is 2.36. The fourth-order valence-electron chi connectivity index (χ4n) is 3.95. The average Bonchev–Trinajstić information content (AvgIpc) is 3.56. The first-order chi connectivity index (χ1) is 16.7. The van der Waals surface area contributed by atoms with E-state index in [0.717, 1.165) is 16.9 Å². The largest absolute Gasteiger partial charge is 0.493 e. The van der Waals surface area contributed by atoms with E-state index in [1.165, 1.54) is 0 Å². The van der Waals surface area contributed by atoms with Crippen LogP contribution in [0.1, 0.15) is 28.8 Å². The van der Waals surface area contributed by atoms with Crippen LogP contribution in [0.3, 0.4) is 0 Å². The van der Waals surface area contributed by atoms with Gasteiger partial charge in [-0.1, -0.05) is 36.4 Å². The highest BCUT2D eigenvalue weighted by molar-refractivity contribution is 5.45. The van der Waals surface area contributed by atoms with Crippen LogP contribution in [0, 0.1) is 0 Å². The lowest BCUT2D eigenvalue weighted by atomic mass is 10.0. The van der Waals surface area contributed by atoms with Crippen molar-refractivity contribution in [3.05, 3.63) is 89.6 Å². The fourth-order valence-corrected chi connectivity index (χ4v) is 3.95. The molecule has 0 radical (unpaired) electrons. The Morgan fingerprint density at radius 2 is 1.76 bits per heavy atom. The monoisotopic (exact) mass is 463 g/mol. The normalized spacial score (nSPS) is 12.1. The minimum atomic E-state index is -0.294. The van der Waals surface area contributed by atoms with Crippen molar-refractivity contribution in [2.24, 2.45) is 0 Å². The highest BCUT2D eigenvalue weighted by Gasteiger charge is 2.30. The zero-order valence-electron chi connectivity index (χ0n) is 19.6. The Morgan fingerprint density at radius 1 is 0.941 bits per heavy atom. The van der Waals surface area contributed by atoms with Gasteiger partial charge < -0.3 is 18.6 Å². The van der Waals surface area contributed by atoms with Gasteiger partial charge in [0.2, 0.25) is 0 Å². The van der Waals surface area contributed by atoms with E-state index in [-0.39, 0.29) is 6.04 Å². The molecule has 178 valence electrons. The number of furan rings is 1. The number of benzene rings is 2. The third-order valence-electron chi connectivity index (χ3n) is 5.57. The Hall–Kier alpha value is -3.69. The number of aromatic nitrogens is 4. The van der Waals surface area contributed by atoms with Gasteiger partial charge >= 0.3 is 0 Å². The Morgan fingerprint density at radius 3 is 2.47 bits per heavy atom. The maximum atomic E-state index is 5.72. The molecule has 4 aromatic rings. The van der Waals surface area contributed by atoms with Gasteiger partial charge in [0.1, 0.15) is 5.76 Å². The summed E-state index contributed by atoms with van der Waals surface area (Å²) in [7, 11) is 4.91. The maximum absolute atomic E-state index is 5.72. The fraction of sp³-hybridized carbons (Fsp3) is 0.320. The third-order valence-corrected chi connectivity index (χ3v) is 5.57. The SMILES string of the molecule is COCCn1nnnc1[C@H](c1ccc(OC)c(OC)c1)N(Cc1ccccc1)Cc1ccco1. The quantitative estimate of drug-likeness (QED) is 0.314. The predicted octanol–water partition coefficient (Wildman–Crippen LogP) is 3.72. The van der Waals surface area contributed by atoms with Crippen molar-refractivity contribution in [1.29, 1.82) is 0 Å². The molecule has 0 unspecified atom stereocenters. The molecule has 0 spiro atoms. The second-order valence-electron chi connectivity index (χ2n) is 7.74. The van der Waals surface area contributed by atoms with Gasteiger partial charge in [-0.3, -0.25) is 4.90 Å². The minimum absolute atomic E-state index is 0.294. The number of hydrogen-bond donors (Lipinski definition) is 0. The summed E-state index contributed by atoms with van der Waals surface area (Å²) in [5, 5.41) is 12.7. The topological polar surface area (TPSA) is 87.7 Å². The lowest BCUT2D eigenvalue weighted by molar-refractivity contribution is 0.164. The summed E-state index contributed by atoms with van der Waals surface area (Å²) in [4.78, 5) is 2.28. The molecule has 0 aliphatic carbocycles. The molecule has 0 aliphatic heterocycles. The molecule has 0 saturated carbocycles. The van der Waals surface area contributed by atoms with Crippen LogP contribution >= 0.6 is 0 Å². The lowest BCUT2D eigenvalue weighted by Gasteiger charge is -2.31. The number of rotatable bonds is 12. The summed E-state index contributed by atoms with van der Waals surface area (Å²) in [5.74, 6) is 2.84. The molecule has 0 amide bonds. The van der Waals surface area contributed by atoms with Crippen LogP contribution in [0.5, 0.6) is 11.5 Å². The van der Waals surface area contributed by atoms with Crippen molar-refractivity contribution < 1.29 is 18.6 Å². The van der Waals surface area contributed by atoms with E-state index in [1.54, 1.807) is 32.3 Å². The molecular weight excluding hydrogens is 434 g/mol. The molecular formula is C25H29N5O4. The molecule has 9 heteroatoms. The van der Waals surface area contributed by atoms with Crippen molar-refractivity contribution >= 4 is 0 Å². The van der Waals surface area contributed by atoms with Crippen LogP contribution in [0.25, 0.3) is 0 Å². The van der Waals surface area contributed by atoms with E-state index < -0.39 is 0 Å². The number of tetrazole rings is 1. The van der Waals surface area contributed by atoms with E-state index in [2.05, 4.69) is 32.6 Å². The van der Waals surface area contributed by atoms with Crippen molar-refractivity contribution in [3.8, 4) is 11.5 Å². The van der Waals surface area contributed by atoms with Crippen molar-refractivity contribution in [2.75, 3.05) is 27.9 Å². The summed E-state index contributed by atoms with van der Waals surface area (Å²) >= 11 is 0. The second-order valence-corrected chi connectivity index (χ2v) is 7.74. The first kappa shape index (κ1) is 23.5. The summed E-state index contributed by atoms with van der Waals surface area (Å²) in [6, 6.07) is 19.8. The lowest BCUT2D eigenvalue weighted by Crippen LogP contribution is -2.31. The van der Waals surface area contributed by atoms with E-state index in [4.69, 9.17) is 18.6 Å². The Kier molecular flexibility index (Phi) is 7.90. The van der Waals surface area contributed by atoms with Crippen LogP contribution < -0.4 is 9.47 Å². The third kappa shape index (κ3) is 5.44. The molecule has 0 N–H and O–H groups in total. The molecule has 34 heavy (non-hydrogen) atoms. The van der Waals surface area contributed by atoms with E-state index in [0.29, 0.717) is 43.6 Å². The van der Waals surface area contributed by atoms with Gasteiger partial charge in [-0.25, -0.2) is 4.68 Å². The zero-order chi connectivity index (χ0) is 23.8. The molecule has 0 fully saturated rings. The summed E-state index contributed by atoms with van der Waals surface area (Å²) in [5.41, 5.74) is 2.13. The van der Waals surface area contributed by atoms with Crippen LogP contribution in [-0.2, 0) is 24.4 Å². The van der Waals surface area contributed by atoms with Gasteiger partial charge in [-0.15, -0.1) is 5.10 Å². The molecule has 2 aromatic heterocycles. The molecule has 0 saturated heterocycles. The van der Waals surface area contributed by atoms with Gasteiger partial charge in [0.05, 0.1) is 46.2 Å². The van der Waals surface area contributed by atoms with E-state index in [1.807, 2.05) is 48.5 Å². The second kappa shape index (κ2) is 11.4. The summed E-state index contributed by atoms with van der Waals surface area (Å²) < 4.78 is 23.8. The molecule has 2 aromatic carbocycles. The Balaban J connectivity index is 1.82. The van der Waals surface area contributed by atoms with Crippen molar-refractivity contribution in [1.82, 2.24) is 25.1 Å². The van der Waals surface area contributed by atoms with E-state index >= 15 is 0 Å². The molecule has 9 nitrogen and oxygen atoms in total. The standard InChI is InChI=1S/C25H29N5O4/c1-31-15-13-30-25(26-27-28-30)24(20-11-12-22(32-2)23(16-20)33-3)29(18-21-10-7-14-34-21)17-19-8-5-4-6-9-19/h4-12,14,16,24H,13,15,17-18H2,1-3H3/t24-/m0/s1. The molecule has 2 heterocycles. The molecule has 0 aliphatic rings. The van der Waals surface area contributed by atoms with Gasteiger partial charge in [-0.05, 0) is 45.8 Å². The molecule has 0 bridgehead atoms. The Labute approximate surface area is 198 Å². The number of ether oxygens (including phenoxy) is 3. The van der Waals surface area contributed by atoms with Gasteiger partial charge in [0.25, 0.3) is 0 Å². The smallest absolute Gasteiger partial charge is 0.173 e. The first-order valence-electron chi connectivity index (χ1n) is 11.0. The van der Waals surface area contributed by atoms with Crippen LogP contribution in [0.15, 0.2) is 71.3 Å². The highest BCUT2D eigenvalue weighted by atomic mass is 16.5. The number of methoxy groups -OCH3 is 3. The summed E-state index contributed by atoms with van der Waals surface area (Å²) in [6.45, 7) is 2.23. The minimum Gasteiger partial charge on any atom is -0.493 e. The number of hydrogen-bond acceptors (Lipinski definition) is 8. The van der Waals surface area contributed by atoms with Crippen molar-refractivity contribution in [2.45, 2.75) is 25.7 Å². The van der Waals surface area contributed by atoms with Gasteiger partial charge in [0.15, 0.2) is 17.3 Å². The zero-order valence-corrected chi connectivity index (χ0v) is 19.6. The molecule has 1 atom stereocenters. The average molecular weight is 464 g/mol. The van der Waals surface area contributed by atoms with Crippen LogP contribution in [-0.4, -0.2) is 53.0 Å². The van der Waals surface area contributed by atoms with E-state index in [9.17, 15) is 0 Å². The summed E-state index contributed by atoms with van der Waals surface area (Å²) in [6.07, 6.45) is 1.68. The predicted molar refractivity (Wildman–Crippen MR) is 125 cm³/mol. The van der Waals surface area contributed by atoms with Crippen molar-refractivity contribution in [3.63, 3.8) is 0 Å². The first-order valence-corrected chi connectivity index (χ1v) is 11.0. The number of nitrogens with zero attached hydrogens (tertiary/aromatic N) is 5. The van der Waals surface area contributed by atoms with Crippen LogP contribution in [0.2, 0.25) is 0 Å². The molecule has 4 rings (SSSR count). The Bertz CT molecular complexity index is 1150. The van der Waals surface area contributed by atoms with Gasteiger partial charge in [-0.2, -0.15) is 0 Å². The van der Waals surface area contributed by atoms with Crippen LogP contribution in [0.4, 0.5) is 0 Å². The van der Waals surface area contributed by atoms with Gasteiger partial charge in [0, 0.05) is 13.7 Å². The maximum Gasteiger partial charge on any atom is 0.173 e.